The summed E-state index contributed by atoms with van der Waals surface area (Å²) in [6, 6.07) is 8.23. The van der Waals surface area contributed by atoms with Gasteiger partial charge < -0.3 is 15.0 Å². The van der Waals surface area contributed by atoms with Gasteiger partial charge in [-0.1, -0.05) is 30.3 Å². The van der Waals surface area contributed by atoms with Crippen molar-refractivity contribution in [1.29, 1.82) is 0 Å². The van der Waals surface area contributed by atoms with E-state index in [2.05, 4.69) is 10.0 Å². The first-order valence-electron chi connectivity index (χ1n) is 9.94. The fraction of sp³-hybridized carbons (Fsp3) is 0.333. The number of sulfonamides is 1. The number of benzene rings is 1. The quantitative estimate of drug-likeness (QED) is 0.407. The molecule has 0 aliphatic rings. The van der Waals surface area contributed by atoms with Crippen LogP contribution in [0.15, 0.2) is 53.5 Å². The van der Waals surface area contributed by atoms with Gasteiger partial charge in [-0.05, 0) is 24.6 Å². The van der Waals surface area contributed by atoms with E-state index in [1.54, 1.807) is 30.3 Å². The van der Waals surface area contributed by atoms with Gasteiger partial charge in [-0.3, -0.25) is 23.9 Å². The molecule has 12 heteroatoms. The maximum atomic E-state index is 13.1. The molecule has 1 aromatic carbocycles. The molecule has 2 atom stereocenters. The molecule has 3 N–H and O–H groups in total. The number of pyridine rings is 1. The molecule has 0 aliphatic carbocycles. The van der Waals surface area contributed by atoms with Gasteiger partial charge in [0.1, 0.15) is 24.4 Å². The number of carboxylic acids is 1. The van der Waals surface area contributed by atoms with Crippen LogP contribution in [-0.2, 0) is 30.8 Å². The normalized spacial score (nSPS) is 13.0. The Labute approximate surface area is 189 Å². The number of alkyl halides is 1. The molecule has 1 aromatic heterocycles. The van der Waals surface area contributed by atoms with Gasteiger partial charge in [-0.2, -0.15) is 0 Å². The van der Waals surface area contributed by atoms with E-state index in [9.17, 15) is 32.0 Å². The van der Waals surface area contributed by atoms with Crippen molar-refractivity contribution in [2.75, 3.05) is 17.1 Å². The van der Waals surface area contributed by atoms with Crippen molar-refractivity contribution < 1.29 is 32.3 Å². The Hall–Kier alpha value is -3.54. The zero-order valence-corrected chi connectivity index (χ0v) is 18.5. The largest absolute Gasteiger partial charge is 0.481 e. The van der Waals surface area contributed by atoms with Crippen molar-refractivity contribution >= 4 is 33.4 Å². The molecule has 0 spiro atoms. The number of aromatic nitrogens is 1. The molecule has 0 fully saturated rings. The van der Waals surface area contributed by atoms with Crippen LogP contribution in [0, 0.1) is 0 Å². The predicted octanol–water partition coefficient (Wildman–Crippen LogP) is 0.892. The fourth-order valence-corrected chi connectivity index (χ4v) is 3.64. The molecule has 0 aliphatic heterocycles. The monoisotopic (exact) mass is 481 g/mol. The summed E-state index contributed by atoms with van der Waals surface area (Å²) in [4.78, 5) is 48.9. The molecule has 1 unspecified atom stereocenters. The third-order valence-corrected chi connectivity index (χ3v) is 6.04. The van der Waals surface area contributed by atoms with E-state index in [0.29, 0.717) is 5.56 Å². The van der Waals surface area contributed by atoms with Crippen LogP contribution < -0.4 is 15.6 Å². The standard InChI is InChI=1S/C21H24FN3O7S/c1-2-33(31,32)24-15-9-6-10-25(21(15)30)17(11-14-7-4-3-5-8-14)20(29)23-16(12-19(27)28)18(26)13-22/h3-10,16-17,24H,2,11-13H2,1H3,(H,23,29)(H,27,28)/t16?,17-/m0/s1. The summed E-state index contributed by atoms with van der Waals surface area (Å²) in [6.07, 6.45) is 0.389. The lowest BCUT2D eigenvalue weighted by molar-refractivity contribution is -0.140. The first-order valence-corrected chi connectivity index (χ1v) is 11.6. The molecule has 1 heterocycles. The fourth-order valence-electron chi connectivity index (χ4n) is 3.01. The summed E-state index contributed by atoms with van der Waals surface area (Å²) in [5.74, 6) is -3.72. The maximum Gasteiger partial charge on any atom is 0.305 e. The number of rotatable bonds is 12. The molecule has 33 heavy (non-hydrogen) atoms. The van der Waals surface area contributed by atoms with Gasteiger partial charge in [0.25, 0.3) is 5.56 Å². The topological polar surface area (TPSA) is 152 Å². The molecule has 178 valence electrons. The third kappa shape index (κ3) is 7.24. The minimum Gasteiger partial charge on any atom is -0.481 e. The van der Waals surface area contributed by atoms with E-state index in [1.165, 1.54) is 25.3 Å². The summed E-state index contributed by atoms with van der Waals surface area (Å²) in [5.41, 5.74) is -0.472. The van der Waals surface area contributed by atoms with E-state index >= 15 is 0 Å². The van der Waals surface area contributed by atoms with Gasteiger partial charge in [0, 0.05) is 12.6 Å². The molecule has 2 rings (SSSR count). The second-order valence-corrected chi connectivity index (χ2v) is 9.12. The van der Waals surface area contributed by atoms with Crippen LogP contribution in [-0.4, -0.2) is 54.2 Å². The van der Waals surface area contributed by atoms with Crippen molar-refractivity contribution in [3.05, 3.63) is 64.6 Å². The van der Waals surface area contributed by atoms with E-state index in [4.69, 9.17) is 5.11 Å². The van der Waals surface area contributed by atoms with E-state index in [0.717, 1.165) is 4.57 Å². The van der Waals surface area contributed by atoms with Crippen LogP contribution in [0.5, 0.6) is 0 Å². The average Bonchev–Trinajstić information content (AvgIpc) is 2.78. The van der Waals surface area contributed by atoms with Crippen molar-refractivity contribution in [2.45, 2.75) is 31.8 Å². The molecule has 0 bridgehead atoms. The van der Waals surface area contributed by atoms with Crippen molar-refractivity contribution in [3.63, 3.8) is 0 Å². The molecule has 0 radical (unpaired) electrons. The average molecular weight is 482 g/mol. The Bertz CT molecular complexity index is 1170. The van der Waals surface area contributed by atoms with Gasteiger partial charge in [0.2, 0.25) is 15.9 Å². The number of aliphatic carboxylic acids is 1. The predicted molar refractivity (Wildman–Crippen MR) is 118 cm³/mol. The van der Waals surface area contributed by atoms with E-state index < -0.39 is 58.4 Å². The molecule has 10 nitrogen and oxygen atoms in total. The van der Waals surface area contributed by atoms with Gasteiger partial charge >= 0.3 is 5.97 Å². The number of nitrogens with one attached hydrogen (secondary N) is 2. The zero-order chi connectivity index (χ0) is 24.6. The summed E-state index contributed by atoms with van der Waals surface area (Å²) in [6.45, 7) is -0.0876. The highest BCUT2D eigenvalue weighted by Gasteiger charge is 2.29. The SMILES string of the molecule is CCS(=O)(=O)Nc1cccn([C@@H](Cc2ccccc2)C(=O)NC(CC(=O)O)C(=O)CF)c1=O. The number of amides is 1. The highest BCUT2D eigenvalue weighted by atomic mass is 32.2. The van der Waals surface area contributed by atoms with Crippen LogP contribution in [0.3, 0.4) is 0 Å². The number of carboxylic acid groups (broad SMARTS) is 1. The van der Waals surface area contributed by atoms with Crippen molar-refractivity contribution in [1.82, 2.24) is 9.88 Å². The first kappa shape index (κ1) is 25.7. The number of hydrogen-bond acceptors (Lipinski definition) is 6. The summed E-state index contributed by atoms with van der Waals surface area (Å²) < 4.78 is 39.9. The lowest BCUT2D eigenvalue weighted by Crippen LogP contribution is -2.47. The van der Waals surface area contributed by atoms with Crippen LogP contribution >= 0.6 is 0 Å². The van der Waals surface area contributed by atoms with Crippen LogP contribution in [0.25, 0.3) is 0 Å². The van der Waals surface area contributed by atoms with Gasteiger partial charge in [-0.25, -0.2) is 12.8 Å². The minimum atomic E-state index is -3.78. The van der Waals surface area contributed by atoms with Gasteiger partial charge in [-0.15, -0.1) is 0 Å². The van der Waals surface area contributed by atoms with Gasteiger partial charge in [0.15, 0.2) is 5.78 Å². The summed E-state index contributed by atoms with van der Waals surface area (Å²) in [7, 11) is -3.78. The highest BCUT2D eigenvalue weighted by molar-refractivity contribution is 7.92. The van der Waals surface area contributed by atoms with Crippen molar-refractivity contribution in [3.8, 4) is 0 Å². The number of Topliss-reactive ketones (excluding diaryl/α,β-unsaturated/α-hetero) is 1. The molecular formula is C21H24FN3O7S. The lowest BCUT2D eigenvalue weighted by atomic mass is 10.0. The molecule has 2 aromatic rings. The second-order valence-electron chi connectivity index (χ2n) is 7.10. The smallest absolute Gasteiger partial charge is 0.305 e. The number of anilines is 1. The second kappa shape index (κ2) is 11.4. The summed E-state index contributed by atoms with van der Waals surface area (Å²) in [5, 5.41) is 11.2. The maximum absolute atomic E-state index is 13.1. The van der Waals surface area contributed by atoms with Crippen LogP contribution in [0.1, 0.15) is 24.9 Å². The Morgan fingerprint density at radius 3 is 2.36 bits per heavy atom. The molecule has 1 amide bonds. The Kier molecular flexibility index (Phi) is 8.85. The highest BCUT2D eigenvalue weighted by Crippen LogP contribution is 2.16. The van der Waals surface area contributed by atoms with Gasteiger partial charge in [0.05, 0.1) is 12.2 Å². The molecule has 0 saturated heterocycles. The Morgan fingerprint density at radius 2 is 1.79 bits per heavy atom. The number of carbonyl (C=O) groups excluding carboxylic acids is 2. The Morgan fingerprint density at radius 1 is 1.12 bits per heavy atom. The first-order chi connectivity index (χ1) is 15.6. The zero-order valence-electron chi connectivity index (χ0n) is 17.7. The Balaban J connectivity index is 2.48. The number of carbonyl (C=O) groups is 3. The lowest BCUT2D eigenvalue weighted by Gasteiger charge is -2.23. The minimum absolute atomic E-state index is 0.0415. The number of nitrogens with zero attached hydrogens (tertiary/aromatic N) is 1. The number of ketones is 1. The van der Waals surface area contributed by atoms with Crippen molar-refractivity contribution in [2.24, 2.45) is 0 Å². The molecular weight excluding hydrogens is 457 g/mol. The van der Waals surface area contributed by atoms with E-state index in [-0.39, 0.29) is 17.9 Å². The summed E-state index contributed by atoms with van der Waals surface area (Å²) >= 11 is 0. The number of halogens is 1. The number of hydrogen-bond donors (Lipinski definition) is 3. The molecule has 0 saturated carbocycles. The van der Waals surface area contributed by atoms with E-state index in [1.807, 2.05) is 0 Å². The van der Waals surface area contributed by atoms with Crippen LogP contribution in [0.4, 0.5) is 10.1 Å². The third-order valence-electron chi connectivity index (χ3n) is 4.75. The van der Waals surface area contributed by atoms with Crippen LogP contribution in [0.2, 0.25) is 0 Å².